The molecule has 1 unspecified atom stereocenters. The van der Waals surface area contributed by atoms with E-state index in [4.69, 9.17) is 5.73 Å². The van der Waals surface area contributed by atoms with Crippen molar-refractivity contribution < 1.29 is 13.2 Å². The van der Waals surface area contributed by atoms with E-state index in [1.165, 1.54) is 0 Å². The zero-order valence-electron chi connectivity index (χ0n) is 14.4. The van der Waals surface area contributed by atoms with Gasteiger partial charge in [-0.2, -0.15) is 0 Å². The van der Waals surface area contributed by atoms with Crippen LogP contribution in [0, 0.1) is 5.92 Å². The van der Waals surface area contributed by atoms with Gasteiger partial charge in [0.1, 0.15) is 0 Å². The summed E-state index contributed by atoms with van der Waals surface area (Å²) in [4.78, 5) is 14.4. The Morgan fingerprint density at radius 1 is 1.29 bits per heavy atom. The van der Waals surface area contributed by atoms with Gasteiger partial charge >= 0.3 is 0 Å². The molecule has 0 saturated carbocycles. The third kappa shape index (κ3) is 4.95. The Balaban J connectivity index is 1.97. The van der Waals surface area contributed by atoms with E-state index >= 15 is 0 Å². The van der Waals surface area contributed by atoms with Crippen LogP contribution in [0.25, 0.3) is 0 Å². The number of carbonyl (C=O) groups excluding carboxylic acids is 1. The van der Waals surface area contributed by atoms with E-state index in [2.05, 4.69) is 4.72 Å². The highest BCUT2D eigenvalue weighted by Crippen LogP contribution is 2.21. The molecule has 1 fully saturated rings. The number of likely N-dealkylation sites (tertiary alicyclic amines) is 1. The van der Waals surface area contributed by atoms with Crippen molar-refractivity contribution in [1.29, 1.82) is 0 Å². The zero-order valence-corrected chi connectivity index (χ0v) is 15.2. The molecule has 0 radical (unpaired) electrons. The molecular formula is C17H27N3O3S. The average molecular weight is 353 g/mol. The Morgan fingerprint density at radius 2 is 1.88 bits per heavy atom. The molecule has 0 aromatic heterocycles. The predicted molar refractivity (Wildman–Crippen MR) is 96.4 cm³/mol. The van der Waals surface area contributed by atoms with E-state index in [1.807, 2.05) is 18.7 Å². The first-order chi connectivity index (χ1) is 11.3. The third-order valence-electron chi connectivity index (χ3n) is 4.45. The number of sulfonamides is 1. The number of hydrogen-bond acceptors (Lipinski definition) is 4. The van der Waals surface area contributed by atoms with Crippen molar-refractivity contribution >= 4 is 21.6 Å². The van der Waals surface area contributed by atoms with Crippen molar-refractivity contribution in [2.24, 2.45) is 11.7 Å². The van der Waals surface area contributed by atoms with Crippen molar-refractivity contribution in [3.63, 3.8) is 0 Å². The maximum atomic E-state index is 12.5. The smallest absolute Gasteiger partial charge is 0.253 e. The number of carbonyl (C=O) groups is 1. The van der Waals surface area contributed by atoms with Crippen LogP contribution in [0.15, 0.2) is 24.3 Å². The Kier molecular flexibility index (Phi) is 6.23. The summed E-state index contributed by atoms with van der Waals surface area (Å²) in [6.07, 6.45) is 2.42. The number of amides is 1. The van der Waals surface area contributed by atoms with Crippen LogP contribution < -0.4 is 10.5 Å². The molecule has 0 bridgehead atoms. The second-order valence-electron chi connectivity index (χ2n) is 6.49. The van der Waals surface area contributed by atoms with E-state index < -0.39 is 10.0 Å². The second kappa shape index (κ2) is 7.98. The van der Waals surface area contributed by atoms with Crippen molar-refractivity contribution in [2.75, 3.05) is 23.6 Å². The lowest BCUT2D eigenvalue weighted by molar-refractivity contribution is 0.0681. The second-order valence-corrected chi connectivity index (χ2v) is 8.33. The van der Waals surface area contributed by atoms with E-state index in [9.17, 15) is 13.2 Å². The van der Waals surface area contributed by atoms with Gasteiger partial charge in [0.15, 0.2) is 0 Å². The minimum atomic E-state index is -3.31. The van der Waals surface area contributed by atoms with Crippen LogP contribution in [0.1, 0.15) is 43.5 Å². The van der Waals surface area contributed by atoms with Crippen LogP contribution in [0.4, 0.5) is 5.69 Å². The lowest BCUT2D eigenvalue weighted by Gasteiger charge is -2.33. The number of benzene rings is 1. The molecule has 1 atom stereocenters. The summed E-state index contributed by atoms with van der Waals surface area (Å²) in [5.74, 6) is 0.549. The van der Waals surface area contributed by atoms with Gasteiger partial charge in [0.25, 0.3) is 5.91 Å². The molecule has 1 saturated heterocycles. The molecule has 1 aromatic rings. The van der Waals surface area contributed by atoms with Gasteiger partial charge in [-0.25, -0.2) is 8.42 Å². The molecule has 1 heterocycles. The van der Waals surface area contributed by atoms with Crippen LogP contribution in [-0.2, 0) is 10.0 Å². The fraction of sp³-hybridized carbons (Fsp3) is 0.588. The molecule has 134 valence electrons. The SMILES string of the molecule is CCCS(=O)(=O)Nc1ccc(C(=O)N2CCC(C(C)N)CC2)cc1. The van der Waals surface area contributed by atoms with Gasteiger partial charge < -0.3 is 10.6 Å². The molecule has 0 spiro atoms. The zero-order chi connectivity index (χ0) is 17.7. The topological polar surface area (TPSA) is 92.5 Å². The van der Waals surface area contributed by atoms with Crippen molar-refractivity contribution in [3.8, 4) is 0 Å². The summed E-state index contributed by atoms with van der Waals surface area (Å²) < 4.78 is 26.0. The molecule has 7 heteroatoms. The average Bonchev–Trinajstić information content (AvgIpc) is 2.54. The lowest BCUT2D eigenvalue weighted by Crippen LogP contribution is -2.42. The molecular weight excluding hydrogens is 326 g/mol. The highest BCUT2D eigenvalue weighted by Gasteiger charge is 2.25. The first kappa shape index (κ1) is 18.7. The molecule has 2 rings (SSSR count). The van der Waals surface area contributed by atoms with Crippen LogP contribution in [-0.4, -0.2) is 44.1 Å². The normalized spacial score (nSPS) is 17.5. The van der Waals surface area contributed by atoms with Crippen LogP contribution in [0.5, 0.6) is 0 Å². The van der Waals surface area contributed by atoms with Gasteiger partial charge in [0, 0.05) is 30.4 Å². The van der Waals surface area contributed by atoms with Gasteiger partial charge in [-0.3, -0.25) is 9.52 Å². The number of nitrogens with zero attached hydrogens (tertiary/aromatic N) is 1. The lowest BCUT2D eigenvalue weighted by atomic mass is 9.90. The Bertz CT molecular complexity index is 648. The highest BCUT2D eigenvalue weighted by atomic mass is 32.2. The van der Waals surface area contributed by atoms with Gasteiger partial charge in [0.05, 0.1) is 5.75 Å². The van der Waals surface area contributed by atoms with E-state index in [0.29, 0.717) is 23.6 Å². The summed E-state index contributed by atoms with van der Waals surface area (Å²) in [7, 11) is -3.31. The van der Waals surface area contributed by atoms with Crippen LogP contribution >= 0.6 is 0 Å². The van der Waals surface area contributed by atoms with E-state index in [-0.39, 0.29) is 17.7 Å². The van der Waals surface area contributed by atoms with E-state index in [0.717, 1.165) is 25.9 Å². The maximum absolute atomic E-state index is 12.5. The van der Waals surface area contributed by atoms with E-state index in [1.54, 1.807) is 24.3 Å². The first-order valence-corrected chi connectivity index (χ1v) is 10.1. The number of hydrogen-bond donors (Lipinski definition) is 2. The van der Waals surface area contributed by atoms with Gasteiger partial charge in [-0.1, -0.05) is 6.92 Å². The largest absolute Gasteiger partial charge is 0.339 e. The van der Waals surface area contributed by atoms with Crippen molar-refractivity contribution in [3.05, 3.63) is 29.8 Å². The number of rotatable bonds is 6. The summed E-state index contributed by atoms with van der Waals surface area (Å²) >= 11 is 0. The first-order valence-electron chi connectivity index (χ1n) is 8.48. The fourth-order valence-electron chi connectivity index (χ4n) is 2.99. The highest BCUT2D eigenvalue weighted by molar-refractivity contribution is 7.92. The van der Waals surface area contributed by atoms with Gasteiger partial charge in [-0.15, -0.1) is 0 Å². The monoisotopic (exact) mass is 353 g/mol. The molecule has 0 aliphatic carbocycles. The number of nitrogens with one attached hydrogen (secondary N) is 1. The standard InChI is InChI=1S/C17H27N3O3S/c1-3-12-24(22,23)19-16-6-4-15(5-7-16)17(21)20-10-8-14(9-11-20)13(2)18/h4-7,13-14,19H,3,8-12,18H2,1-2H3. The summed E-state index contributed by atoms with van der Waals surface area (Å²) in [5.41, 5.74) is 6.99. The summed E-state index contributed by atoms with van der Waals surface area (Å²) in [5, 5.41) is 0. The molecule has 6 nitrogen and oxygen atoms in total. The Labute approximate surface area is 144 Å². The summed E-state index contributed by atoms with van der Waals surface area (Å²) in [6, 6.07) is 6.77. The Morgan fingerprint density at radius 3 is 2.38 bits per heavy atom. The molecule has 1 aliphatic rings. The Hall–Kier alpha value is -1.60. The van der Waals surface area contributed by atoms with Crippen LogP contribution in [0.3, 0.4) is 0 Å². The molecule has 1 amide bonds. The molecule has 3 N–H and O–H groups in total. The predicted octanol–water partition coefficient (Wildman–Crippen LogP) is 2.04. The minimum absolute atomic E-state index is 0.0129. The quantitative estimate of drug-likeness (QED) is 0.818. The van der Waals surface area contributed by atoms with Gasteiger partial charge in [0.2, 0.25) is 10.0 Å². The van der Waals surface area contributed by atoms with Crippen LogP contribution in [0.2, 0.25) is 0 Å². The number of piperidine rings is 1. The fourth-order valence-corrected chi connectivity index (χ4v) is 4.13. The number of anilines is 1. The summed E-state index contributed by atoms with van der Waals surface area (Å²) in [6.45, 7) is 5.27. The molecule has 24 heavy (non-hydrogen) atoms. The van der Waals surface area contributed by atoms with Crippen molar-refractivity contribution in [2.45, 2.75) is 39.2 Å². The molecule has 1 aliphatic heterocycles. The third-order valence-corrected chi connectivity index (χ3v) is 5.94. The van der Waals surface area contributed by atoms with Gasteiger partial charge in [-0.05, 0) is 56.4 Å². The van der Waals surface area contributed by atoms with Crippen molar-refractivity contribution in [1.82, 2.24) is 4.90 Å². The number of nitrogens with two attached hydrogens (primary N) is 1. The maximum Gasteiger partial charge on any atom is 0.253 e. The minimum Gasteiger partial charge on any atom is -0.339 e. The molecule has 1 aromatic carbocycles.